The minimum Gasteiger partial charge on any atom is -0.375 e. The first kappa shape index (κ1) is 16.6. The second-order valence-corrected chi connectivity index (χ2v) is 7.06. The summed E-state index contributed by atoms with van der Waals surface area (Å²) in [4.78, 5) is 0. The van der Waals surface area contributed by atoms with Gasteiger partial charge in [-0.25, -0.2) is 4.39 Å². The van der Waals surface area contributed by atoms with Crippen LogP contribution in [0.25, 0.3) is 0 Å². The predicted octanol–water partition coefficient (Wildman–Crippen LogP) is 4.41. The largest absolute Gasteiger partial charge is 0.375 e. The quantitative estimate of drug-likeness (QED) is 0.762. The van der Waals surface area contributed by atoms with Gasteiger partial charge in [-0.2, -0.15) is 11.8 Å². The molecule has 0 amide bonds. The van der Waals surface area contributed by atoms with E-state index >= 15 is 0 Å². The van der Waals surface area contributed by atoms with Gasteiger partial charge in [0.05, 0.1) is 23.8 Å². The van der Waals surface area contributed by atoms with Crippen molar-refractivity contribution in [2.24, 2.45) is 0 Å². The van der Waals surface area contributed by atoms with E-state index in [0.29, 0.717) is 16.6 Å². The van der Waals surface area contributed by atoms with E-state index in [1.165, 1.54) is 0 Å². The second-order valence-electron chi connectivity index (χ2n) is 4.68. The summed E-state index contributed by atoms with van der Waals surface area (Å²) in [6.07, 6.45) is 0.967. The molecule has 1 fully saturated rings. The van der Waals surface area contributed by atoms with Gasteiger partial charge in [-0.05, 0) is 35.0 Å². The van der Waals surface area contributed by atoms with Gasteiger partial charge in [-0.1, -0.05) is 24.6 Å². The molecule has 0 aromatic heterocycles. The van der Waals surface area contributed by atoms with Crippen LogP contribution in [0.2, 0.25) is 5.02 Å². The maximum Gasteiger partial charge on any atom is 0.147 e. The van der Waals surface area contributed by atoms with Crippen LogP contribution in [-0.2, 0) is 4.74 Å². The highest BCUT2D eigenvalue weighted by molar-refractivity contribution is 9.10. The van der Waals surface area contributed by atoms with Crippen LogP contribution in [0.15, 0.2) is 16.6 Å². The fourth-order valence-corrected chi connectivity index (χ4v) is 3.60. The summed E-state index contributed by atoms with van der Waals surface area (Å²) < 4.78 is 20.8. The van der Waals surface area contributed by atoms with Gasteiger partial charge in [0.1, 0.15) is 5.82 Å². The molecule has 112 valence electrons. The summed E-state index contributed by atoms with van der Waals surface area (Å²) in [7, 11) is 0. The first-order valence-corrected chi connectivity index (χ1v) is 9.03. The normalized spacial score (nSPS) is 20.9. The summed E-state index contributed by atoms with van der Waals surface area (Å²) in [5, 5.41) is 3.52. The summed E-state index contributed by atoms with van der Waals surface area (Å²) >= 11 is 11.1. The number of rotatable bonds is 5. The Morgan fingerprint density at radius 1 is 1.60 bits per heavy atom. The highest BCUT2D eigenvalue weighted by Crippen LogP contribution is 2.33. The molecule has 2 unspecified atom stereocenters. The van der Waals surface area contributed by atoms with Gasteiger partial charge < -0.3 is 10.1 Å². The van der Waals surface area contributed by atoms with Gasteiger partial charge in [0, 0.05) is 21.5 Å². The van der Waals surface area contributed by atoms with Gasteiger partial charge in [-0.3, -0.25) is 0 Å². The van der Waals surface area contributed by atoms with Crippen LogP contribution in [0.5, 0.6) is 0 Å². The minimum atomic E-state index is -0.367. The zero-order valence-electron chi connectivity index (χ0n) is 11.3. The van der Waals surface area contributed by atoms with E-state index in [1.807, 2.05) is 11.8 Å². The molecule has 2 rings (SSSR count). The Morgan fingerprint density at radius 2 is 2.40 bits per heavy atom. The topological polar surface area (TPSA) is 21.3 Å². The van der Waals surface area contributed by atoms with Crippen molar-refractivity contribution in [2.75, 3.05) is 24.7 Å². The standard InChI is InChI=1S/C14H18BrClFNOS/c1-2-5-18-14(11-8-20-7-6-19-11)9-3-4-10(15)12(16)13(9)17/h3-4,11,14,18H,2,5-8H2,1H3. The van der Waals surface area contributed by atoms with Crippen molar-refractivity contribution < 1.29 is 9.13 Å². The van der Waals surface area contributed by atoms with E-state index in [0.717, 1.165) is 24.5 Å². The van der Waals surface area contributed by atoms with Gasteiger partial charge in [0.15, 0.2) is 0 Å². The van der Waals surface area contributed by atoms with Crippen LogP contribution in [-0.4, -0.2) is 30.8 Å². The van der Waals surface area contributed by atoms with E-state index in [4.69, 9.17) is 16.3 Å². The molecule has 20 heavy (non-hydrogen) atoms. The average Bonchev–Trinajstić information content (AvgIpc) is 2.48. The SMILES string of the molecule is CCCNC(c1ccc(Br)c(Cl)c1F)C1CSCCO1. The lowest BCUT2D eigenvalue weighted by Crippen LogP contribution is -2.39. The van der Waals surface area contributed by atoms with E-state index in [1.54, 1.807) is 12.1 Å². The Morgan fingerprint density at radius 3 is 3.05 bits per heavy atom. The summed E-state index contributed by atoms with van der Waals surface area (Å²) in [6.45, 7) is 3.62. The number of halogens is 3. The highest BCUT2D eigenvalue weighted by atomic mass is 79.9. The zero-order chi connectivity index (χ0) is 14.5. The fourth-order valence-electron chi connectivity index (χ4n) is 2.22. The number of hydrogen-bond acceptors (Lipinski definition) is 3. The highest BCUT2D eigenvalue weighted by Gasteiger charge is 2.29. The third-order valence-electron chi connectivity index (χ3n) is 3.23. The van der Waals surface area contributed by atoms with Crippen LogP contribution in [0.1, 0.15) is 24.9 Å². The Balaban J connectivity index is 2.27. The van der Waals surface area contributed by atoms with Crippen molar-refractivity contribution in [2.45, 2.75) is 25.5 Å². The molecule has 1 heterocycles. The molecule has 0 radical (unpaired) electrons. The molecule has 1 saturated heterocycles. The van der Waals surface area contributed by atoms with Gasteiger partial charge >= 0.3 is 0 Å². The molecule has 0 spiro atoms. The molecule has 0 aliphatic carbocycles. The first-order valence-electron chi connectivity index (χ1n) is 6.71. The number of nitrogens with one attached hydrogen (secondary N) is 1. The van der Waals surface area contributed by atoms with Crippen LogP contribution < -0.4 is 5.32 Å². The van der Waals surface area contributed by atoms with E-state index in [2.05, 4.69) is 28.2 Å². The van der Waals surface area contributed by atoms with Crippen LogP contribution in [0, 0.1) is 5.82 Å². The molecule has 2 nitrogen and oxygen atoms in total. The van der Waals surface area contributed by atoms with Crippen LogP contribution in [0.3, 0.4) is 0 Å². The molecule has 1 aliphatic heterocycles. The van der Waals surface area contributed by atoms with Crippen molar-refractivity contribution >= 4 is 39.3 Å². The Kier molecular flexibility index (Phi) is 6.62. The molecule has 2 atom stereocenters. The minimum absolute atomic E-state index is 0.0213. The fraction of sp³-hybridized carbons (Fsp3) is 0.571. The summed E-state index contributed by atoms with van der Waals surface area (Å²) in [6, 6.07) is 3.41. The molecule has 1 aromatic carbocycles. The number of benzene rings is 1. The third kappa shape index (κ3) is 3.89. The third-order valence-corrected chi connectivity index (χ3v) is 5.51. The Labute approximate surface area is 136 Å². The molecule has 1 N–H and O–H groups in total. The van der Waals surface area contributed by atoms with Crippen molar-refractivity contribution in [3.8, 4) is 0 Å². The van der Waals surface area contributed by atoms with Crippen LogP contribution >= 0.6 is 39.3 Å². The second kappa shape index (κ2) is 7.99. The Hall–Kier alpha value is 0.190. The van der Waals surface area contributed by atoms with E-state index in [-0.39, 0.29) is 23.0 Å². The van der Waals surface area contributed by atoms with Gasteiger partial charge in [0.25, 0.3) is 0 Å². The maximum atomic E-state index is 14.4. The van der Waals surface area contributed by atoms with Crippen LogP contribution in [0.4, 0.5) is 4.39 Å². The first-order chi connectivity index (χ1) is 9.65. The molecule has 1 aliphatic rings. The van der Waals surface area contributed by atoms with E-state index < -0.39 is 0 Å². The van der Waals surface area contributed by atoms with Crippen molar-refractivity contribution in [3.05, 3.63) is 33.0 Å². The number of hydrogen-bond donors (Lipinski definition) is 1. The number of ether oxygens (including phenoxy) is 1. The van der Waals surface area contributed by atoms with Gasteiger partial charge in [0.2, 0.25) is 0 Å². The lowest BCUT2D eigenvalue weighted by molar-refractivity contribution is 0.0458. The average molecular weight is 383 g/mol. The Bertz CT molecular complexity index is 457. The van der Waals surface area contributed by atoms with Crippen molar-refractivity contribution in [1.29, 1.82) is 0 Å². The molecular formula is C14H18BrClFNOS. The molecule has 0 bridgehead atoms. The predicted molar refractivity (Wildman–Crippen MR) is 87.2 cm³/mol. The van der Waals surface area contributed by atoms with Gasteiger partial charge in [-0.15, -0.1) is 0 Å². The maximum absolute atomic E-state index is 14.4. The summed E-state index contributed by atoms with van der Waals surface area (Å²) in [5.41, 5.74) is 0.583. The smallest absolute Gasteiger partial charge is 0.147 e. The zero-order valence-corrected chi connectivity index (χ0v) is 14.5. The van der Waals surface area contributed by atoms with Crippen molar-refractivity contribution in [1.82, 2.24) is 5.32 Å². The molecule has 0 saturated carbocycles. The van der Waals surface area contributed by atoms with E-state index in [9.17, 15) is 4.39 Å². The molecule has 6 heteroatoms. The van der Waals surface area contributed by atoms with Crippen molar-refractivity contribution in [3.63, 3.8) is 0 Å². The lowest BCUT2D eigenvalue weighted by atomic mass is 10.0. The summed E-state index contributed by atoms with van der Waals surface area (Å²) in [5.74, 6) is 1.50. The lowest BCUT2D eigenvalue weighted by Gasteiger charge is -2.31. The molecular weight excluding hydrogens is 365 g/mol. The molecule has 1 aromatic rings. The number of thioether (sulfide) groups is 1. The monoisotopic (exact) mass is 381 g/mol.